The molecule has 4 aromatic rings. The zero-order valence-corrected chi connectivity index (χ0v) is 30.5. The molecule has 4 rings (SSSR count). The van der Waals surface area contributed by atoms with Crippen LogP contribution >= 0.6 is 11.8 Å². The number of alkyl carbamates (subject to hydrolysis) is 1. The maximum Gasteiger partial charge on any atom is 0.407 e. The van der Waals surface area contributed by atoms with Gasteiger partial charge in [-0.25, -0.2) is 28.6 Å². The Hall–Kier alpha value is -6.16. The molecule has 4 N–H and O–H groups in total. The molecule has 0 radical (unpaired) electrons. The van der Waals surface area contributed by atoms with E-state index in [0.29, 0.717) is 27.9 Å². The van der Waals surface area contributed by atoms with Crippen LogP contribution in [0.25, 0.3) is 0 Å². The van der Waals surface area contributed by atoms with Gasteiger partial charge in [-0.3, -0.25) is 14.9 Å². The molecular weight excluding hydrogens is 724 g/mol. The zero-order chi connectivity index (χ0) is 38.0. The summed E-state index contributed by atoms with van der Waals surface area (Å²) in [5.74, 6) is 0.334. The van der Waals surface area contributed by atoms with Crippen molar-refractivity contribution >= 4 is 58.8 Å². The summed E-state index contributed by atoms with van der Waals surface area (Å²) in [6.45, 7) is 3.99. The Morgan fingerprint density at radius 2 is 1.63 bits per heavy atom. The highest BCUT2D eigenvalue weighted by molar-refractivity contribution is 8.13. The number of alkyl halides is 2. The van der Waals surface area contributed by atoms with E-state index in [1.165, 1.54) is 30.6 Å². The van der Waals surface area contributed by atoms with Crippen LogP contribution in [0.5, 0.6) is 5.75 Å². The molecule has 16 heteroatoms. The normalized spacial score (nSPS) is 11.7. The number of nitrogens with two attached hydrogens (primary N) is 1. The lowest BCUT2D eigenvalue weighted by Crippen LogP contribution is -2.27. The Kier molecular flexibility index (Phi) is 17.2. The smallest absolute Gasteiger partial charge is 0.407 e. The van der Waals surface area contributed by atoms with Crippen molar-refractivity contribution in [2.24, 2.45) is 25.8 Å². The van der Waals surface area contributed by atoms with Gasteiger partial charge in [-0.15, -0.1) is 0 Å². The fourth-order valence-corrected chi connectivity index (χ4v) is 5.08. The molecule has 0 saturated heterocycles. The molecule has 4 aromatic carbocycles. The highest BCUT2D eigenvalue weighted by Crippen LogP contribution is 2.29. The standard InChI is InChI=1S/C38H39F2N7O5S.FH/c1-25-19-32(50-3)20-26(2)34(25)46-37(53-24-52-33(48)17-18-42-38(49)51-22-28-7-5-4-6-8-28)47-45-21-27-9-11-30(12-10-27)36(41)44-23-43-31-15-13-29(14-16-31)35(39)40;/h4-16,19-21,23,35H,17-18,22,24H2,1-3H3,(H,42,49)(H,46,47)(H2,41,43,44);1H/b45-21+;. The highest BCUT2D eigenvalue weighted by Gasteiger charge is 2.11. The Labute approximate surface area is 315 Å². The molecule has 1 amide bonds. The number of carbonyl (C=O) groups is 2. The summed E-state index contributed by atoms with van der Waals surface area (Å²) in [7, 11) is 1.59. The number of hydrazone groups is 1. The lowest BCUT2D eigenvalue weighted by Gasteiger charge is -2.11. The molecule has 0 aliphatic carbocycles. The van der Waals surface area contributed by atoms with Gasteiger partial charge in [0.2, 0.25) is 0 Å². The van der Waals surface area contributed by atoms with Crippen molar-refractivity contribution in [3.05, 3.63) is 124 Å². The Balaban J connectivity index is 0.00000784. The second-order valence-electron chi connectivity index (χ2n) is 11.2. The van der Waals surface area contributed by atoms with Crippen LogP contribution in [0.2, 0.25) is 0 Å². The molecule has 0 aliphatic rings. The summed E-state index contributed by atoms with van der Waals surface area (Å²) in [6, 6.07) is 25.6. The molecule has 0 unspecified atom stereocenters. The molecule has 0 aromatic heterocycles. The third-order valence-electron chi connectivity index (χ3n) is 7.27. The van der Waals surface area contributed by atoms with Crippen LogP contribution in [-0.4, -0.2) is 55.2 Å². The third-order valence-corrected chi connectivity index (χ3v) is 7.96. The molecule has 54 heavy (non-hydrogen) atoms. The van der Waals surface area contributed by atoms with Gasteiger partial charge in [0.05, 0.1) is 31.1 Å². The summed E-state index contributed by atoms with van der Waals surface area (Å²) in [5.41, 5.74) is 14.1. The number of nitrogens with zero attached hydrogens (tertiary/aromatic N) is 4. The van der Waals surface area contributed by atoms with E-state index in [9.17, 15) is 18.4 Å². The molecule has 0 fully saturated rings. The summed E-state index contributed by atoms with van der Waals surface area (Å²) >= 11 is 1.13. The predicted octanol–water partition coefficient (Wildman–Crippen LogP) is 7.63. The zero-order valence-electron chi connectivity index (χ0n) is 29.7. The number of aliphatic imine (C=N–C) groups is 3. The number of amides is 1. The number of benzene rings is 4. The minimum atomic E-state index is -2.55. The Morgan fingerprint density at radius 3 is 2.28 bits per heavy atom. The number of carbonyl (C=O) groups excluding carboxylic acids is 2. The number of esters is 1. The summed E-state index contributed by atoms with van der Waals surface area (Å²) in [6.07, 6.45) is -0.385. The van der Waals surface area contributed by atoms with E-state index < -0.39 is 18.5 Å². The first kappa shape index (κ1) is 42.3. The molecule has 0 spiro atoms. The molecule has 0 bridgehead atoms. The van der Waals surface area contributed by atoms with Crippen LogP contribution in [0, 0.1) is 13.8 Å². The topological polar surface area (TPSA) is 161 Å². The quantitative estimate of drug-likeness (QED) is 0.0366. The van der Waals surface area contributed by atoms with E-state index in [1.807, 2.05) is 56.3 Å². The number of halogens is 3. The van der Waals surface area contributed by atoms with Gasteiger partial charge in [0.25, 0.3) is 6.43 Å². The fourth-order valence-electron chi connectivity index (χ4n) is 4.51. The van der Waals surface area contributed by atoms with Crippen molar-refractivity contribution in [3.8, 4) is 5.75 Å². The van der Waals surface area contributed by atoms with Gasteiger partial charge in [-0.1, -0.05) is 66.7 Å². The SMILES string of the molecule is COc1cc(C)c(N=C(N/N=C/c2ccc(C(N)=NC=Nc3ccc(C(F)F)cc3)cc2)SCOC(=O)CCNC(=O)OCc2ccccc2)c(C)c1.F. The number of ether oxygens (including phenoxy) is 3. The second kappa shape index (κ2) is 22.0. The monoisotopic (exact) mass is 763 g/mol. The van der Waals surface area contributed by atoms with Crippen molar-refractivity contribution in [3.63, 3.8) is 0 Å². The first-order chi connectivity index (χ1) is 25.6. The van der Waals surface area contributed by atoms with Gasteiger partial charge < -0.3 is 25.3 Å². The summed E-state index contributed by atoms with van der Waals surface area (Å²) < 4.78 is 41.4. The van der Waals surface area contributed by atoms with E-state index >= 15 is 0 Å². The number of methoxy groups -OCH3 is 1. The van der Waals surface area contributed by atoms with Gasteiger partial charge in [-0.05, 0) is 72.1 Å². The van der Waals surface area contributed by atoms with Gasteiger partial charge in [-0.2, -0.15) is 5.10 Å². The molecule has 0 aliphatic heterocycles. The molecule has 0 saturated carbocycles. The van der Waals surface area contributed by atoms with Gasteiger partial charge >= 0.3 is 12.1 Å². The molecule has 0 atom stereocenters. The van der Waals surface area contributed by atoms with E-state index in [4.69, 9.17) is 24.9 Å². The average molecular weight is 764 g/mol. The maximum absolute atomic E-state index is 12.7. The van der Waals surface area contributed by atoms with Crippen LogP contribution in [0.15, 0.2) is 111 Å². The molecular formula is C38H40F3N7O5S. The minimum Gasteiger partial charge on any atom is -0.497 e. The summed E-state index contributed by atoms with van der Waals surface area (Å²) in [4.78, 5) is 37.3. The number of hydrogen-bond acceptors (Lipinski definition) is 9. The van der Waals surface area contributed by atoms with Gasteiger partial charge in [0.15, 0.2) is 5.17 Å². The molecule has 284 valence electrons. The van der Waals surface area contributed by atoms with Crippen molar-refractivity contribution in [1.29, 1.82) is 0 Å². The van der Waals surface area contributed by atoms with Crippen molar-refractivity contribution in [2.75, 3.05) is 19.6 Å². The van der Waals surface area contributed by atoms with E-state index in [2.05, 4.69) is 25.8 Å². The highest BCUT2D eigenvalue weighted by atomic mass is 32.2. The van der Waals surface area contributed by atoms with Crippen molar-refractivity contribution < 1.29 is 37.3 Å². The van der Waals surface area contributed by atoms with Crippen LogP contribution in [0.1, 0.15) is 46.2 Å². The summed E-state index contributed by atoms with van der Waals surface area (Å²) in [5, 5.41) is 7.23. The first-order valence-electron chi connectivity index (χ1n) is 16.2. The van der Waals surface area contributed by atoms with Crippen LogP contribution < -0.4 is 21.2 Å². The van der Waals surface area contributed by atoms with E-state index in [1.54, 1.807) is 37.6 Å². The van der Waals surface area contributed by atoms with Crippen LogP contribution in [0.4, 0.5) is 29.7 Å². The van der Waals surface area contributed by atoms with Gasteiger partial charge in [0, 0.05) is 17.7 Å². The predicted molar refractivity (Wildman–Crippen MR) is 207 cm³/mol. The Morgan fingerprint density at radius 1 is 0.944 bits per heavy atom. The number of aryl methyl sites for hydroxylation is 2. The third kappa shape index (κ3) is 14.1. The number of hydrogen-bond donors (Lipinski definition) is 3. The Bertz CT molecular complexity index is 1920. The lowest BCUT2D eigenvalue weighted by atomic mass is 10.1. The number of rotatable bonds is 15. The number of amidine groups is 2. The number of nitrogens with one attached hydrogen (secondary N) is 2. The van der Waals surface area contributed by atoms with Crippen molar-refractivity contribution in [2.45, 2.75) is 33.3 Å². The molecule has 12 nitrogen and oxygen atoms in total. The van der Waals surface area contributed by atoms with Gasteiger partial charge in [0.1, 0.15) is 30.5 Å². The maximum atomic E-state index is 12.7. The van der Waals surface area contributed by atoms with E-state index in [0.717, 1.165) is 34.0 Å². The largest absolute Gasteiger partial charge is 0.497 e. The first-order valence-corrected chi connectivity index (χ1v) is 17.2. The van der Waals surface area contributed by atoms with Crippen LogP contribution in [-0.2, 0) is 20.9 Å². The van der Waals surface area contributed by atoms with Crippen LogP contribution in [0.3, 0.4) is 0 Å². The molecule has 0 heterocycles. The van der Waals surface area contributed by atoms with E-state index in [-0.39, 0.29) is 41.6 Å². The second-order valence-corrected chi connectivity index (χ2v) is 12.1. The van der Waals surface area contributed by atoms with Crippen molar-refractivity contribution in [1.82, 2.24) is 10.7 Å². The minimum absolute atomic E-state index is 0. The average Bonchev–Trinajstić information content (AvgIpc) is 3.16. The lowest BCUT2D eigenvalue weighted by molar-refractivity contribution is -0.141. The fraction of sp³-hybridized carbons (Fsp3) is 0.211. The number of thioether (sulfide) groups is 1.